The summed E-state index contributed by atoms with van der Waals surface area (Å²) in [7, 11) is 5.33. The molecule has 3 aliphatic rings. The van der Waals surface area contributed by atoms with Crippen molar-refractivity contribution in [1.29, 1.82) is 0 Å². The maximum atomic E-state index is 12.0. The van der Waals surface area contributed by atoms with E-state index in [1.54, 1.807) is 14.2 Å². The van der Waals surface area contributed by atoms with Gasteiger partial charge in [0.1, 0.15) is 0 Å². The highest BCUT2D eigenvalue weighted by molar-refractivity contribution is 5.74. The number of carbonyl (C=O) groups excluding carboxylic acids is 1. The third-order valence-electron chi connectivity index (χ3n) is 6.77. The number of hydrogen-bond donors (Lipinski definition) is 2. The predicted octanol–water partition coefficient (Wildman–Crippen LogP) is 2.99. The number of urea groups is 1. The largest absolute Gasteiger partial charge is 0.493 e. The van der Waals surface area contributed by atoms with Crippen molar-refractivity contribution < 1.29 is 14.3 Å². The Labute approximate surface area is 190 Å². The van der Waals surface area contributed by atoms with Crippen LogP contribution in [0, 0.1) is 5.92 Å². The van der Waals surface area contributed by atoms with Crippen molar-refractivity contribution in [2.24, 2.45) is 13.0 Å². The summed E-state index contributed by atoms with van der Waals surface area (Å²) in [5.41, 5.74) is 3.24. The minimum atomic E-state index is -0.0783. The summed E-state index contributed by atoms with van der Waals surface area (Å²) in [5.74, 6) is 2.48. The number of nitrogens with one attached hydrogen (secondary N) is 2. The van der Waals surface area contributed by atoms with Gasteiger partial charge in [-0.25, -0.2) is 4.79 Å². The molecule has 2 N–H and O–H groups in total. The minimum absolute atomic E-state index is 0.0783. The summed E-state index contributed by atoms with van der Waals surface area (Å²) in [6, 6.07) is 8.61. The first-order valence-electron chi connectivity index (χ1n) is 11.4. The number of rotatable bonds is 7. The van der Waals surface area contributed by atoms with E-state index in [9.17, 15) is 4.79 Å². The fourth-order valence-electron chi connectivity index (χ4n) is 5.17. The Morgan fingerprint density at radius 1 is 1.22 bits per heavy atom. The Hall–Kier alpha value is -2.74. The lowest BCUT2D eigenvalue weighted by molar-refractivity contribution is 0.0294. The smallest absolute Gasteiger partial charge is 0.315 e. The third-order valence-corrected chi connectivity index (χ3v) is 6.77. The quantitative estimate of drug-likeness (QED) is 0.691. The maximum absolute atomic E-state index is 12.0. The SMILES string of the molecule is COc1ccc(-c2cc([C@H]3CN4CC[C@@H]3C[C@@H]4CNC(=O)NC(C)C)n(C)n2)cc1OC. The highest BCUT2D eigenvalue weighted by atomic mass is 16.5. The van der Waals surface area contributed by atoms with E-state index in [-0.39, 0.29) is 12.1 Å². The molecule has 1 aromatic carbocycles. The summed E-state index contributed by atoms with van der Waals surface area (Å²) in [6.45, 7) is 6.75. The summed E-state index contributed by atoms with van der Waals surface area (Å²) in [4.78, 5) is 14.5. The molecule has 1 aromatic heterocycles. The van der Waals surface area contributed by atoms with Gasteiger partial charge in [-0.15, -0.1) is 0 Å². The highest BCUT2D eigenvalue weighted by Gasteiger charge is 2.41. The van der Waals surface area contributed by atoms with Crippen LogP contribution in [-0.2, 0) is 7.05 Å². The number of hydrogen-bond acceptors (Lipinski definition) is 5. The van der Waals surface area contributed by atoms with Gasteiger partial charge in [-0.1, -0.05) is 0 Å². The van der Waals surface area contributed by atoms with Gasteiger partial charge in [0.25, 0.3) is 0 Å². The molecule has 32 heavy (non-hydrogen) atoms. The average Bonchev–Trinajstić information content (AvgIpc) is 3.18. The molecule has 8 heteroatoms. The van der Waals surface area contributed by atoms with Gasteiger partial charge in [-0.3, -0.25) is 9.58 Å². The van der Waals surface area contributed by atoms with Crippen LogP contribution in [-0.4, -0.2) is 66.6 Å². The van der Waals surface area contributed by atoms with Crippen LogP contribution in [0.4, 0.5) is 4.79 Å². The van der Waals surface area contributed by atoms with Crippen molar-refractivity contribution in [3.8, 4) is 22.8 Å². The van der Waals surface area contributed by atoms with Crippen molar-refractivity contribution in [3.05, 3.63) is 30.0 Å². The summed E-state index contributed by atoms with van der Waals surface area (Å²) >= 11 is 0. The zero-order chi connectivity index (χ0) is 22.8. The molecular formula is C24H35N5O3. The molecule has 0 spiro atoms. The van der Waals surface area contributed by atoms with Crippen LogP contribution in [0.15, 0.2) is 24.3 Å². The van der Waals surface area contributed by atoms with Gasteiger partial charge in [0.05, 0.1) is 19.9 Å². The fourth-order valence-corrected chi connectivity index (χ4v) is 5.17. The van der Waals surface area contributed by atoms with Crippen molar-refractivity contribution in [3.63, 3.8) is 0 Å². The fraction of sp³-hybridized carbons (Fsp3) is 0.583. The van der Waals surface area contributed by atoms with E-state index in [4.69, 9.17) is 14.6 Å². The number of aromatic nitrogens is 2. The van der Waals surface area contributed by atoms with Crippen LogP contribution in [0.5, 0.6) is 11.5 Å². The molecule has 0 radical (unpaired) electrons. The van der Waals surface area contributed by atoms with Gasteiger partial charge >= 0.3 is 6.03 Å². The second-order valence-electron chi connectivity index (χ2n) is 9.20. The zero-order valence-corrected chi connectivity index (χ0v) is 19.7. The number of piperidine rings is 3. The number of aryl methyl sites for hydroxylation is 1. The first kappa shape index (κ1) is 22.5. The normalized spacial score (nSPS) is 24.4. The number of ether oxygens (including phenoxy) is 2. The third kappa shape index (κ3) is 4.55. The molecular weight excluding hydrogens is 406 g/mol. The monoisotopic (exact) mass is 441 g/mol. The second-order valence-corrected chi connectivity index (χ2v) is 9.20. The first-order chi connectivity index (χ1) is 15.4. The number of fused-ring (bicyclic) bond motifs is 3. The molecule has 3 fully saturated rings. The molecule has 0 saturated carbocycles. The summed E-state index contributed by atoms with van der Waals surface area (Å²) in [6.07, 6.45) is 2.29. The Kier molecular flexibility index (Phi) is 6.60. The van der Waals surface area contributed by atoms with Gasteiger partial charge in [0.2, 0.25) is 0 Å². The van der Waals surface area contributed by atoms with E-state index >= 15 is 0 Å². The van der Waals surface area contributed by atoms with E-state index in [1.807, 2.05) is 43.8 Å². The van der Waals surface area contributed by atoms with Crippen LogP contribution in [0.25, 0.3) is 11.3 Å². The number of nitrogens with zero attached hydrogens (tertiary/aromatic N) is 3. The van der Waals surface area contributed by atoms with Crippen molar-refractivity contribution in [2.45, 2.75) is 44.7 Å². The molecule has 2 amide bonds. The van der Waals surface area contributed by atoms with Crippen molar-refractivity contribution >= 4 is 6.03 Å². The van der Waals surface area contributed by atoms with Gasteiger partial charge in [-0.2, -0.15) is 5.10 Å². The topological polar surface area (TPSA) is 80.7 Å². The lowest BCUT2D eigenvalue weighted by Crippen LogP contribution is -2.57. The van der Waals surface area contributed by atoms with Crippen LogP contribution in [0.1, 0.15) is 38.3 Å². The molecule has 3 saturated heterocycles. The number of benzene rings is 1. The Morgan fingerprint density at radius 3 is 2.66 bits per heavy atom. The molecule has 4 atom stereocenters. The molecule has 3 aliphatic heterocycles. The number of carbonyl (C=O) groups is 1. The molecule has 8 nitrogen and oxygen atoms in total. The average molecular weight is 442 g/mol. The maximum Gasteiger partial charge on any atom is 0.315 e. The number of methoxy groups -OCH3 is 2. The highest BCUT2D eigenvalue weighted by Crippen LogP contribution is 2.42. The van der Waals surface area contributed by atoms with E-state index in [2.05, 4.69) is 21.6 Å². The lowest BCUT2D eigenvalue weighted by atomic mass is 9.74. The van der Waals surface area contributed by atoms with Crippen LogP contribution in [0.2, 0.25) is 0 Å². The minimum Gasteiger partial charge on any atom is -0.493 e. The molecule has 174 valence electrons. The summed E-state index contributed by atoms with van der Waals surface area (Å²) < 4.78 is 12.9. The number of amides is 2. The molecule has 4 heterocycles. The van der Waals surface area contributed by atoms with E-state index in [1.165, 1.54) is 12.1 Å². The Balaban J connectivity index is 1.46. The van der Waals surface area contributed by atoms with Crippen molar-refractivity contribution in [1.82, 2.24) is 25.3 Å². The van der Waals surface area contributed by atoms with Crippen molar-refractivity contribution in [2.75, 3.05) is 33.9 Å². The molecule has 0 aliphatic carbocycles. The Morgan fingerprint density at radius 2 is 2.00 bits per heavy atom. The van der Waals surface area contributed by atoms with E-state index in [0.717, 1.165) is 30.8 Å². The zero-order valence-electron chi connectivity index (χ0n) is 19.7. The summed E-state index contributed by atoms with van der Waals surface area (Å²) in [5, 5.41) is 10.8. The standard InChI is InChI=1S/C24H35N5O3/c1-15(2)26-24(30)25-13-18-10-16-8-9-29(18)14-19(16)21-12-20(27-28(21)3)17-6-7-22(31-4)23(11-17)32-5/h6-7,11-12,15-16,18-19H,8-10,13-14H2,1-5H3,(H2,25,26,30)/t16-,18-,19+/m1/s1. The van der Waals surface area contributed by atoms with Gasteiger partial charge in [0, 0.05) is 49.4 Å². The Bertz CT molecular complexity index is 957. The van der Waals surface area contributed by atoms with Crippen LogP contribution >= 0.6 is 0 Å². The molecule has 5 rings (SSSR count). The van der Waals surface area contributed by atoms with E-state index < -0.39 is 0 Å². The lowest BCUT2D eigenvalue weighted by Gasteiger charge is -2.49. The van der Waals surface area contributed by atoms with Crippen LogP contribution < -0.4 is 20.1 Å². The second kappa shape index (κ2) is 9.40. The predicted molar refractivity (Wildman–Crippen MR) is 124 cm³/mol. The molecule has 2 bridgehead atoms. The van der Waals surface area contributed by atoms with Crippen LogP contribution in [0.3, 0.4) is 0 Å². The molecule has 2 aromatic rings. The molecule has 1 unspecified atom stereocenters. The van der Waals surface area contributed by atoms with Gasteiger partial charge in [-0.05, 0) is 63.4 Å². The van der Waals surface area contributed by atoms with Gasteiger partial charge < -0.3 is 20.1 Å². The first-order valence-corrected chi connectivity index (χ1v) is 11.4. The van der Waals surface area contributed by atoms with Gasteiger partial charge in [0.15, 0.2) is 11.5 Å². The van der Waals surface area contributed by atoms with E-state index in [0.29, 0.717) is 35.9 Å².